The lowest BCUT2D eigenvalue weighted by Crippen LogP contribution is -2.46. The van der Waals surface area contributed by atoms with Crippen molar-refractivity contribution >= 4 is 17.7 Å². The number of hydrogen-bond acceptors (Lipinski definition) is 4. The van der Waals surface area contributed by atoms with Gasteiger partial charge in [-0.1, -0.05) is 20.3 Å². The molecule has 0 heterocycles. The lowest BCUT2D eigenvalue weighted by atomic mass is 9.99. The zero-order chi connectivity index (χ0) is 16.7. The number of carbonyl (C=O) groups excluding carboxylic acids is 1. The Hall–Kier alpha value is -2.44. The molecule has 1 aromatic carbocycles. The van der Waals surface area contributed by atoms with Crippen LogP contribution in [-0.4, -0.2) is 37.4 Å². The van der Waals surface area contributed by atoms with Crippen LogP contribution in [0.5, 0.6) is 11.5 Å². The van der Waals surface area contributed by atoms with E-state index >= 15 is 0 Å². The van der Waals surface area contributed by atoms with Crippen molar-refractivity contribution in [3.8, 4) is 11.5 Å². The molecule has 122 valence electrons. The van der Waals surface area contributed by atoms with Gasteiger partial charge >= 0.3 is 12.0 Å². The van der Waals surface area contributed by atoms with Crippen molar-refractivity contribution in [3.63, 3.8) is 0 Å². The number of carboxylic acid groups (broad SMARTS) is 1. The number of aliphatic carboxylic acids is 1. The fourth-order valence-corrected chi connectivity index (χ4v) is 1.88. The van der Waals surface area contributed by atoms with Crippen LogP contribution < -0.4 is 20.1 Å². The molecule has 0 fully saturated rings. The molecule has 2 amide bonds. The van der Waals surface area contributed by atoms with Gasteiger partial charge in [0.1, 0.15) is 17.5 Å². The largest absolute Gasteiger partial charge is 0.497 e. The maximum atomic E-state index is 12.0. The molecule has 0 bridgehead atoms. The van der Waals surface area contributed by atoms with E-state index in [2.05, 4.69) is 10.6 Å². The third-order valence-corrected chi connectivity index (χ3v) is 3.42. The summed E-state index contributed by atoms with van der Waals surface area (Å²) in [5.74, 6) is -0.233. The molecule has 1 rings (SSSR count). The summed E-state index contributed by atoms with van der Waals surface area (Å²) < 4.78 is 10.2. The van der Waals surface area contributed by atoms with E-state index in [1.807, 2.05) is 6.92 Å². The van der Waals surface area contributed by atoms with E-state index in [1.54, 1.807) is 25.1 Å². The average molecular weight is 310 g/mol. The van der Waals surface area contributed by atoms with Gasteiger partial charge in [0.2, 0.25) is 0 Å². The van der Waals surface area contributed by atoms with Crippen molar-refractivity contribution in [1.82, 2.24) is 5.32 Å². The lowest BCUT2D eigenvalue weighted by Gasteiger charge is -2.20. The first-order chi connectivity index (χ1) is 10.4. The summed E-state index contributed by atoms with van der Waals surface area (Å²) in [4.78, 5) is 23.2. The van der Waals surface area contributed by atoms with Gasteiger partial charge in [-0.15, -0.1) is 0 Å². The molecule has 3 N–H and O–H groups in total. The van der Waals surface area contributed by atoms with Gasteiger partial charge in [-0.05, 0) is 18.1 Å². The summed E-state index contributed by atoms with van der Waals surface area (Å²) in [7, 11) is 3.00. The van der Waals surface area contributed by atoms with Gasteiger partial charge in [-0.25, -0.2) is 9.59 Å². The van der Waals surface area contributed by atoms with E-state index in [9.17, 15) is 14.7 Å². The predicted molar refractivity (Wildman–Crippen MR) is 82.6 cm³/mol. The maximum absolute atomic E-state index is 12.0. The molecule has 0 aromatic heterocycles. The fraction of sp³-hybridized carbons (Fsp3) is 0.467. The summed E-state index contributed by atoms with van der Waals surface area (Å²) in [6, 6.07) is 3.36. The second-order valence-electron chi connectivity index (χ2n) is 4.87. The molecule has 2 atom stereocenters. The summed E-state index contributed by atoms with van der Waals surface area (Å²) in [5, 5.41) is 14.2. The van der Waals surface area contributed by atoms with Crippen LogP contribution in [-0.2, 0) is 4.79 Å². The van der Waals surface area contributed by atoms with Crippen LogP contribution in [0.25, 0.3) is 0 Å². The Balaban J connectivity index is 2.81. The van der Waals surface area contributed by atoms with E-state index in [1.165, 1.54) is 14.2 Å². The van der Waals surface area contributed by atoms with E-state index in [0.29, 0.717) is 23.6 Å². The monoisotopic (exact) mass is 310 g/mol. The van der Waals surface area contributed by atoms with Gasteiger partial charge in [0.05, 0.1) is 19.9 Å². The minimum atomic E-state index is -1.06. The molecule has 0 aliphatic carbocycles. The zero-order valence-electron chi connectivity index (χ0n) is 13.2. The molecule has 7 heteroatoms. The van der Waals surface area contributed by atoms with Crippen LogP contribution in [0.15, 0.2) is 18.2 Å². The third kappa shape index (κ3) is 4.54. The number of carboxylic acids is 1. The minimum Gasteiger partial charge on any atom is -0.497 e. The highest BCUT2D eigenvalue weighted by atomic mass is 16.5. The van der Waals surface area contributed by atoms with Crippen molar-refractivity contribution in [2.45, 2.75) is 26.3 Å². The van der Waals surface area contributed by atoms with Gasteiger partial charge in [-0.2, -0.15) is 0 Å². The standard InChI is InChI=1S/C15H22N2O5/c1-5-9(2)13(14(18)19)17-15(20)16-11-7-6-10(21-3)8-12(11)22-4/h6-9,13H,5H2,1-4H3,(H,18,19)(H2,16,17,20)/t9-,13-/m0/s1. The first kappa shape index (κ1) is 17.6. The molecule has 1 aromatic rings. The molecule has 0 aliphatic rings. The first-order valence-corrected chi connectivity index (χ1v) is 6.95. The Morgan fingerprint density at radius 2 is 1.95 bits per heavy atom. The topological polar surface area (TPSA) is 96.9 Å². The van der Waals surface area contributed by atoms with Crippen LogP contribution in [0.1, 0.15) is 20.3 Å². The SMILES string of the molecule is CC[C@H](C)[C@H](NC(=O)Nc1ccc(OC)cc1OC)C(=O)O. The Labute approximate surface area is 129 Å². The average Bonchev–Trinajstić information content (AvgIpc) is 2.51. The van der Waals surface area contributed by atoms with Gasteiger partial charge in [0, 0.05) is 6.07 Å². The van der Waals surface area contributed by atoms with Crippen molar-refractivity contribution in [3.05, 3.63) is 18.2 Å². The number of hydrogen-bond donors (Lipinski definition) is 3. The highest BCUT2D eigenvalue weighted by Crippen LogP contribution is 2.28. The van der Waals surface area contributed by atoms with Gasteiger partial charge < -0.3 is 25.2 Å². The quantitative estimate of drug-likeness (QED) is 0.718. The second kappa shape index (κ2) is 8.11. The van der Waals surface area contributed by atoms with Gasteiger partial charge in [0.25, 0.3) is 0 Å². The van der Waals surface area contributed by atoms with Crippen LogP contribution in [0.2, 0.25) is 0 Å². The number of urea groups is 1. The van der Waals surface area contributed by atoms with Crippen molar-refractivity contribution in [1.29, 1.82) is 0 Å². The number of carbonyl (C=O) groups is 2. The number of nitrogens with one attached hydrogen (secondary N) is 2. The summed E-state index contributed by atoms with van der Waals surface area (Å²) in [6.07, 6.45) is 0.642. The summed E-state index contributed by atoms with van der Waals surface area (Å²) in [5.41, 5.74) is 0.425. The summed E-state index contributed by atoms with van der Waals surface area (Å²) >= 11 is 0. The maximum Gasteiger partial charge on any atom is 0.326 e. The predicted octanol–water partition coefficient (Wildman–Crippen LogP) is 2.32. The molecule has 0 aliphatic heterocycles. The Morgan fingerprint density at radius 1 is 1.27 bits per heavy atom. The summed E-state index contributed by atoms with van der Waals surface area (Å²) in [6.45, 7) is 3.64. The molecular weight excluding hydrogens is 288 g/mol. The van der Waals surface area contributed by atoms with Crippen LogP contribution in [0, 0.1) is 5.92 Å². The number of benzene rings is 1. The Kier molecular flexibility index (Phi) is 6.49. The molecule has 0 radical (unpaired) electrons. The second-order valence-corrected chi connectivity index (χ2v) is 4.87. The molecular formula is C15H22N2O5. The highest BCUT2D eigenvalue weighted by molar-refractivity contribution is 5.93. The number of anilines is 1. The number of methoxy groups -OCH3 is 2. The fourth-order valence-electron chi connectivity index (χ4n) is 1.88. The molecule has 0 saturated carbocycles. The van der Waals surface area contributed by atoms with Crippen LogP contribution in [0.3, 0.4) is 0 Å². The molecule has 0 saturated heterocycles. The van der Waals surface area contributed by atoms with E-state index < -0.39 is 18.0 Å². The number of ether oxygens (including phenoxy) is 2. The van der Waals surface area contributed by atoms with E-state index in [4.69, 9.17) is 9.47 Å². The lowest BCUT2D eigenvalue weighted by molar-refractivity contribution is -0.140. The molecule has 0 unspecified atom stereocenters. The Morgan fingerprint density at radius 3 is 2.45 bits per heavy atom. The highest BCUT2D eigenvalue weighted by Gasteiger charge is 2.25. The van der Waals surface area contributed by atoms with Crippen molar-refractivity contribution in [2.24, 2.45) is 5.92 Å². The number of amides is 2. The normalized spacial score (nSPS) is 12.9. The van der Waals surface area contributed by atoms with Crippen molar-refractivity contribution in [2.75, 3.05) is 19.5 Å². The first-order valence-electron chi connectivity index (χ1n) is 6.95. The van der Waals surface area contributed by atoms with Gasteiger partial charge in [0.15, 0.2) is 0 Å². The molecule has 7 nitrogen and oxygen atoms in total. The minimum absolute atomic E-state index is 0.180. The van der Waals surface area contributed by atoms with E-state index in [0.717, 1.165) is 0 Å². The Bertz CT molecular complexity index is 533. The molecule has 0 spiro atoms. The van der Waals surface area contributed by atoms with E-state index in [-0.39, 0.29) is 5.92 Å². The van der Waals surface area contributed by atoms with Crippen molar-refractivity contribution < 1.29 is 24.2 Å². The number of rotatable bonds is 7. The van der Waals surface area contributed by atoms with Crippen LogP contribution in [0.4, 0.5) is 10.5 Å². The molecule has 22 heavy (non-hydrogen) atoms. The van der Waals surface area contributed by atoms with Gasteiger partial charge in [-0.3, -0.25) is 0 Å². The zero-order valence-corrected chi connectivity index (χ0v) is 13.2. The van der Waals surface area contributed by atoms with Crippen LogP contribution >= 0.6 is 0 Å². The smallest absolute Gasteiger partial charge is 0.326 e. The third-order valence-electron chi connectivity index (χ3n) is 3.42.